The maximum Gasteiger partial charge on any atom is 0.321 e. The lowest BCUT2D eigenvalue weighted by Crippen LogP contribution is -2.51. The van der Waals surface area contributed by atoms with Crippen molar-refractivity contribution >= 4 is 28.7 Å². The van der Waals surface area contributed by atoms with Crippen LogP contribution in [0.5, 0.6) is 0 Å². The minimum atomic E-state index is -0.172. The van der Waals surface area contributed by atoms with Crippen molar-refractivity contribution in [1.29, 1.82) is 0 Å². The summed E-state index contributed by atoms with van der Waals surface area (Å²) in [6.45, 7) is 4.52. The van der Waals surface area contributed by atoms with Crippen molar-refractivity contribution in [3.8, 4) is 0 Å². The van der Waals surface area contributed by atoms with Crippen LogP contribution in [0.15, 0.2) is 77.7 Å². The maximum atomic E-state index is 13.5. The fourth-order valence-corrected chi connectivity index (χ4v) is 4.14. The molecule has 0 radical (unpaired) electrons. The molecule has 8 nitrogen and oxygen atoms in total. The molecule has 1 aliphatic heterocycles. The van der Waals surface area contributed by atoms with Crippen molar-refractivity contribution in [1.82, 2.24) is 19.4 Å². The number of amides is 2. The number of benzene rings is 2. The molecule has 1 fully saturated rings. The standard InChI is InChI=1S/C26H26N6O2/c1-19-9-11-20(12-10-19)18-32-23-22(8-5-13-27-23)29-24(25(32)33)30-14-16-31(17-15-30)26(34)28-21-6-3-2-4-7-21/h2-13H,14-18H2,1H3,(H,28,34). The molecule has 8 heteroatoms. The zero-order valence-electron chi connectivity index (χ0n) is 19.0. The normalized spacial score (nSPS) is 13.8. The number of aryl methyl sites for hydroxylation is 1. The summed E-state index contributed by atoms with van der Waals surface area (Å²) in [5.74, 6) is 0.399. The van der Waals surface area contributed by atoms with Gasteiger partial charge in [0, 0.05) is 38.1 Å². The van der Waals surface area contributed by atoms with Gasteiger partial charge in [-0.05, 0) is 36.8 Å². The summed E-state index contributed by atoms with van der Waals surface area (Å²) in [4.78, 5) is 39.0. The Morgan fingerprint density at radius 1 is 0.941 bits per heavy atom. The number of fused-ring (bicyclic) bond motifs is 1. The van der Waals surface area contributed by atoms with E-state index in [1.165, 1.54) is 5.56 Å². The maximum absolute atomic E-state index is 13.5. The molecule has 0 atom stereocenters. The molecule has 1 saturated heterocycles. The van der Waals surface area contributed by atoms with E-state index in [1.54, 1.807) is 15.7 Å². The second-order valence-corrected chi connectivity index (χ2v) is 8.43. The van der Waals surface area contributed by atoms with Gasteiger partial charge in [-0.25, -0.2) is 14.8 Å². The van der Waals surface area contributed by atoms with Gasteiger partial charge in [0.25, 0.3) is 5.56 Å². The number of nitrogens with one attached hydrogen (secondary N) is 1. The highest BCUT2D eigenvalue weighted by Gasteiger charge is 2.25. The van der Waals surface area contributed by atoms with Crippen molar-refractivity contribution in [2.75, 3.05) is 36.4 Å². The molecule has 0 unspecified atom stereocenters. The Labute approximate surface area is 197 Å². The highest BCUT2D eigenvalue weighted by atomic mass is 16.2. The number of para-hydroxylation sites is 1. The lowest BCUT2D eigenvalue weighted by atomic mass is 10.1. The van der Waals surface area contributed by atoms with Crippen LogP contribution in [-0.2, 0) is 6.54 Å². The second-order valence-electron chi connectivity index (χ2n) is 8.43. The first kappa shape index (κ1) is 21.6. The first-order valence-electron chi connectivity index (χ1n) is 11.4. The number of hydrogen-bond donors (Lipinski definition) is 1. The lowest BCUT2D eigenvalue weighted by molar-refractivity contribution is 0.208. The minimum absolute atomic E-state index is 0.140. The van der Waals surface area contributed by atoms with Crippen LogP contribution in [-0.4, -0.2) is 51.6 Å². The molecule has 2 amide bonds. The third-order valence-corrected chi connectivity index (χ3v) is 6.04. The summed E-state index contributed by atoms with van der Waals surface area (Å²) < 4.78 is 1.69. The van der Waals surface area contributed by atoms with E-state index >= 15 is 0 Å². The van der Waals surface area contributed by atoms with Crippen molar-refractivity contribution in [3.63, 3.8) is 0 Å². The number of anilines is 2. The molecule has 4 aromatic rings. The third-order valence-electron chi connectivity index (χ3n) is 6.04. The number of pyridine rings is 1. The number of nitrogens with zero attached hydrogens (tertiary/aromatic N) is 5. The van der Waals surface area contributed by atoms with Crippen LogP contribution < -0.4 is 15.8 Å². The fourth-order valence-electron chi connectivity index (χ4n) is 4.14. The molecule has 0 aliphatic carbocycles. The number of piperazine rings is 1. The van der Waals surface area contributed by atoms with Crippen LogP contribution in [0.3, 0.4) is 0 Å². The van der Waals surface area contributed by atoms with Crippen LogP contribution >= 0.6 is 0 Å². The molecule has 0 spiro atoms. The van der Waals surface area contributed by atoms with E-state index in [4.69, 9.17) is 0 Å². The molecule has 3 heterocycles. The predicted octanol–water partition coefficient (Wildman–Crippen LogP) is 3.50. The molecule has 2 aromatic carbocycles. The van der Waals surface area contributed by atoms with Gasteiger partial charge in [0.1, 0.15) is 5.52 Å². The van der Waals surface area contributed by atoms with Crippen LogP contribution in [0.2, 0.25) is 0 Å². The van der Waals surface area contributed by atoms with E-state index in [0.717, 1.165) is 11.3 Å². The average molecular weight is 455 g/mol. The molecule has 1 aliphatic rings. The van der Waals surface area contributed by atoms with Crippen LogP contribution in [0.4, 0.5) is 16.3 Å². The van der Waals surface area contributed by atoms with E-state index in [1.807, 2.05) is 78.6 Å². The van der Waals surface area contributed by atoms with Crippen LogP contribution in [0.25, 0.3) is 11.2 Å². The second kappa shape index (κ2) is 9.35. The van der Waals surface area contributed by atoms with Gasteiger partial charge in [-0.2, -0.15) is 0 Å². The quantitative estimate of drug-likeness (QED) is 0.510. The number of carbonyl (C=O) groups is 1. The molecular weight excluding hydrogens is 428 g/mol. The zero-order chi connectivity index (χ0) is 23.5. The van der Waals surface area contributed by atoms with Gasteiger partial charge >= 0.3 is 6.03 Å². The van der Waals surface area contributed by atoms with Gasteiger partial charge in [-0.1, -0.05) is 48.0 Å². The highest BCUT2D eigenvalue weighted by molar-refractivity contribution is 5.89. The molecule has 34 heavy (non-hydrogen) atoms. The van der Waals surface area contributed by atoms with E-state index in [9.17, 15) is 9.59 Å². The van der Waals surface area contributed by atoms with Gasteiger partial charge in [0.15, 0.2) is 11.5 Å². The number of carbonyl (C=O) groups excluding carboxylic acids is 1. The summed E-state index contributed by atoms with van der Waals surface area (Å²) in [6, 6.07) is 21.1. The first-order valence-corrected chi connectivity index (χ1v) is 11.4. The van der Waals surface area contributed by atoms with E-state index in [0.29, 0.717) is 49.7 Å². The number of hydrogen-bond acceptors (Lipinski definition) is 5. The van der Waals surface area contributed by atoms with Crippen molar-refractivity contribution in [3.05, 3.63) is 94.4 Å². The van der Waals surface area contributed by atoms with Gasteiger partial charge in [0.05, 0.1) is 6.54 Å². The Morgan fingerprint density at radius 3 is 2.41 bits per heavy atom. The average Bonchev–Trinajstić information content (AvgIpc) is 2.87. The summed E-state index contributed by atoms with van der Waals surface area (Å²) in [6.07, 6.45) is 1.68. The molecule has 172 valence electrons. The molecule has 5 rings (SSSR count). The molecule has 2 aromatic heterocycles. The largest absolute Gasteiger partial charge is 0.348 e. The molecule has 1 N–H and O–H groups in total. The van der Waals surface area contributed by atoms with Crippen LogP contribution in [0, 0.1) is 6.92 Å². The smallest absolute Gasteiger partial charge is 0.321 e. The molecule has 0 bridgehead atoms. The monoisotopic (exact) mass is 454 g/mol. The minimum Gasteiger partial charge on any atom is -0.348 e. The number of aromatic nitrogens is 3. The van der Waals surface area contributed by atoms with Gasteiger partial charge in [0.2, 0.25) is 0 Å². The van der Waals surface area contributed by atoms with Crippen molar-refractivity contribution in [2.24, 2.45) is 0 Å². The summed E-state index contributed by atoms with van der Waals surface area (Å²) in [5, 5.41) is 2.92. The Bertz CT molecular complexity index is 1360. The fraction of sp³-hybridized carbons (Fsp3) is 0.231. The third kappa shape index (κ3) is 4.47. The van der Waals surface area contributed by atoms with Gasteiger partial charge in [-0.15, -0.1) is 0 Å². The van der Waals surface area contributed by atoms with E-state index in [2.05, 4.69) is 15.3 Å². The predicted molar refractivity (Wildman–Crippen MR) is 133 cm³/mol. The highest BCUT2D eigenvalue weighted by Crippen LogP contribution is 2.17. The van der Waals surface area contributed by atoms with Crippen molar-refractivity contribution < 1.29 is 4.79 Å². The Balaban J connectivity index is 1.38. The van der Waals surface area contributed by atoms with E-state index < -0.39 is 0 Å². The molecule has 0 saturated carbocycles. The Morgan fingerprint density at radius 2 is 1.68 bits per heavy atom. The SMILES string of the molecule is Cc1ccc(Cn2c(=O)c(N3CCN(C(=O)Nc4ccccc4)CC3)nc3cccnc32)cc1. The summed E-state index contributed by atoms with van der Waals surface area (Å²) in [5.41, 5.74) is 4.03. The molecular formula is C26H26N6O2. The summed E-state index contributed by atoms with van der Waals surface area (Å²) >= 11 is 0. The van der Waals surface area contributed by atoms with E-state index in [-0.39, 0.29) is 11.6 Å². The van der Waals surface area contributed by atoms with Gasteiger partial charge in [-0.3, -0.25) is 9.36 Å². The van der Waals surface area contributed by atoms with Crippen LogP contribution in [0.1, 0.15) is 11.1 Å². The zero-order valence-corrected chi connectivity index (χ0v) is 19.0. The Kier molecular flexibility index (Phi) is 5.95. The topological polar surface area (TPSA) is 83.4 Å². The number of rotatable bonds is 4. The van der Waals surface area contributed by atoms with Crippen molar-refractivity contribution in [2.45, 2.75) is 13.5 Å². The lowest BCUT2D eigenvalue weighted by Gasteiger charge is -2.35. The Hall–Kier alpha value is -4.20. The summed E-state index contributed by atoms with van der Waals surface area (Å²) in [7, 11) is 0. The number of urea groups is 1. The van der Waals surface area contributed by atoms with Gasteiger partial charge < -0.3 is 15.1 Å². The first-order chi connectivity index (χ1) is 16.6.